The molecule has 21 heavy (non-hydrogen) atoms. The third-order valence-corrected chi connectivity index (χ3v) is 4.11. The van der Waals surface area contributed by atoms with Crippen LogP contribution in [-0.4, -0.2) is 28.5 Å². The number of non-ortho nitro benzene ring substituents is 1. The Balaban J connectivity index is 1.99. The van der Waals surface area contributed by atoms with Gasteiger partial charge < -0.3 is 4.90 Å². The molecule has 0 saturated heterocycles. The van der Waals surface area contributed by atoms with Crippen LogP contribution < -0.4 is 0 Å². The van der Waals surface area contributed by atoms with E-state index in [2.05, 4.69) is 0 Å². The number of rotatable bonds is 1. The van der Waals surface area contributed by atoms with Gasteiger partial charge >= 0.3 is 12.1 Å². The Kier molecular flexibility index (Phi) is 2.76. The zero-order chi connectivity index (χ0) is 15.4. The predicted molar refractivity (Wildman–Crippen MR) is 65.5 cm³/mol. The van der Waals surface area contributed by atoms with Gasteiger partial charge in [0.25, 0.3) is 5.69 Å². The second-order valence-corrected chi connectivity index (χ2v) is 5.54. The van der Waals surface area contributed by atoms with E-state index in [-0.39, 0.29) is 18.8 Å². The molecular formula is C13H11F3N2O3. The molecule has 0 bridgehead atoms. The minimum absolute atomic E-state index is 0.0240. The molecule has 0 N–H and O–H groups in total. The van der Waals surface area contributed by atoms with Crippen molar-refractivity contribution in [3.8, 4) is 0 Å². The number of amides is 1. The van der Waals surface area contributed by atoms with Gasteiger partial charge in [-0.3, -0.25) is 14.9 Å². The number of benzene rings is 1. The molecular weight excluding hydrogens is 289 g/mol. The summed E-state index contributed by atoms with van der Waals surface area (Å²) in [6.07, 6.45) is -3.53. The van der Waals surface area contributed by atoms with Crippen LogP contribution in [0.1, 0.15) is 24.0 Å². The van der Waals surface area contributed by atoms with E-state index in [4.69, 9.17) is 0 Å². The Morgan fingerprint density at radius 2 is 2.00 bits per heavy atom. The fourth-order valence-corrected chi connectivity index (χ4v) is 2.96. The molecule has 5 nitrogen and oxygen atoms in total. The largest absolute Gasteiger partial charge is 0.471 e. The first-order chi connectivity index (χ1) is 9.73. The number of hydrogen-bond acceptors (Lipinski definition) is 3. The summed E-state index contributed by atoms with van der Waals surface area (Å²) in [7, 11) is 0. The molecule has 1 aliphatic carbocycles. The molecule has 1 heterocycles. The quantitative estimate of drug-likeness (QED) is 0.591. The van der Waals surface area contributed by atoms with Crippen molar-refractivity contribution >= 4 is 11.6 Å². The summed E-state index contributed by atoms with van der Waals surface area (Å²) < 4.78 is 37.8. The Bertz CT molecular complexity index is 638. The van der Waals surface area contributed by atoms with E-state index in [0.717, 1.165) is 10.5 Å². The summed E-state index contributed by atoms with van der Waals surface area (Å²) in [5.74, 6) is -1.88. The summed E-state index contributed by atoms with van der Waals surface area (Å²) in [5.41, 5.74) is 0.639. The SMILES string of the molecule is O=C(N1Cc2cc([N+](=O)[O-])ccc2C2(CC2)C1)C(F)(F)F. The molecule has 1 fully saturated rings. The van der Waals surface area contributed by atoms with E-state index in [1.54, 1.807) is 6.07 Å². The number of hydrogen-bond donors (Lipinski definition) is 0. The normalized spacial score (nSPS) is 19.3. The van der Waals surface area contributed by atoms with E-state index < -0.39 is 22.4 Å². The number of carbonyl (C=O) groups is 1. The van der Waals surface area contributed by atoms with Gasteiger partial charge in [-0.05, 0) is 24.0 Å². The molecule has 1 aromatic rings. The number of fused-ring (bicyclic) bond motifs is 2. The minimum Gasteiger partial charge on any atom is -0.330 e. The summed E-state index contributed by atoms with van der Waals surface area (Å²) >= 11 is 0. The highest BCUT2D eigenvalue weighted by atomic mass is 19.4. The maximum absolute atomic E-state index is 12.6. The predicted octanol–water partition coefficient (Wildman–Crippen LogP) is 2.53. The second kappa shape index (κ2) is 4.19. The number of nitrogens with zero attached hydrogens (tertiary/aromatic N) is 2. The van der Waals surface area contributed by atoms with Crippen LogP contribution in [0.15, 0.2) is 18.2 Å². The maximum Gasteiger partial charge on any atom is 0.471 e. The van der Waals surface area contributed by atoms with Crippen LogP contribution in [0.2, 0.25) is 0 Å². The lowest BCUT2D eigenvalue weighted by molar-refractivity contribution is -0.385. The van der Waals surface area contributed by atoms with E-state index in [0.29, 0.717) is 18.4 Å². The van der Waals surface area contributed by atoms with Crippen molar-refractivity contribution in [2.24, 2.45) is 0 Å². The molecule has 112 valence electrons. The molecule has 1 aliphatic heterocycles. The summed E-state index contributed by atoms with van der Waals surface area (Å²) in [6, 6.07) is 4.24. The topological polar surface area (TPSA) is 63.5 Å². The standard InChI is InChI=1S/C13H11F3N2O3/c14-13(15,16)11(19)17-6-8-5-9(18(20)21)1-2-10(8)12(7-17)3-4-12/h1-2,5H,3-4,6-7H2. The lowest BCUT2D eigenvalue weighted by atomic mass is 9.86. The van der Waals surface area contributed by atoms with Crippen LogP contribution in [-0.2, 0) is 16.8 Å². The number of nitro groups is 1. The van der Waals surface area contributed by atoms with Crippen LogP contribution in [0.3, 0.4) is 0 Å². The van der Waals surface area contributed by atoms with Crippen LogP contribution in [0, 0.1) is 10.1 Å². The first-order valence-corrected chi connectivity index (χ1v) is 6.37. The molecule has 0 unspecified atom stereocenters. The Labute approximate surface area is 117 Å². The first-order valence-electron chi connectivity index (χ1n) is 6.37. The van der Waals surface area contributed by atoms with Crippen LogP contribution in [0.25, 0.3) is 0 Å². The fraction of sp³-hybridized carbons (Fsp3) is 0.462. The second-order valence-electron chi connectivity index (χ2n) is 5.54. The molecule has 8 heteroatoms. The van der Waals surface area contributed by atoms with Crippen molar-refractivity contribution < 1.29 is 22.9 Å². The monoisotopic (exact) mass is 300 g/mol. The lowest BCUT2D eigenvalue weighted by Gasteiger charge is -2.35. The fourth-order valence-electron chi connectivity index (χ4n) is 2.96. The van der Waals surface area contributed by atoms with Crippen molar-refractivity contribution in [3.05, 3.63) is 39.4 Å². The highest BCUT2D eigenvalue weighted by molar-refractivity contribution is 5.82. The van der Waals surface area contributed by atoms with Gasteiger partial charge in [0.05, 0.1) is 4.92 Å². The van der Waals surface area contributed by atoms with Crippen LogP contribution >= 0.6 is 0 Å². The average Bonchev–Trinajstić information content (AvgIpc) is 3.16. The van der Waals surface area contributed by atoms with Gasteiger partial charge in [-0.1, -0.05) is 6.07 Å². The number of carbonyl (C=O) groups excluding carboxylic acids is 1. The van der Waals surface area contributed by atoms with E-state index in [9.17, 15) is 28.1 Å². The van der Waals surface area contributed by atoms with Crippen molar-refractivity contribution in [2.75, 3.05) is 6.54 Å². The molecule has 1 spiro atoms. The van der Waals surface area contributed by atoms with E-state index in [1.807, 2.05) is 0 Å². The molecule has 3 rings (SSSR count). The van der Waals surface area contributed by atoms with E-state index >= 15 is 0 Å². The molecule has 1 amide bonds. The van der Waals surface area contributed by atoms with Crippen molar-refractivity contribution in [1.29, 1.82) is 0 Å². The van der Waals surface area contributed by atoms with Gasteiger partial charge in [0.1, 0.15) is 0 Å². The van der Waals surface area contributed by atoms with Crippen molar-refractivity contribution in [2.45, 2.75) is 31.0 Å². The summed E-state index contributed by atoms with van der Waals surface area (Å²) in [4.78, 5) is 22.4. The highest BCUT2D eigenvalue weighted by Crippen LogP contribution is 2.53. The third-order valence-electron chi connectivity index (χ3n) is 4.11. The van der Waals surface area contributed by atoms with Crippen molar-refractivity contribution in [1.82, 2.24) is 4.90 Å². The maximum atomic E-state index is 12.6. The zero-order valence-corrected chi connectivity index (χ0v) is 10.8. The Morgan fingerprint density at radius 1 is 1.33 bits per heavy atom. The molecule has 2 aliphatic rings. The minimum atomic E-state index is -4.92. The van der Waals surface area contributed by atoms with Gasteiger partial charge in [-0.25, -0.2) is 0 Å². The van der Waals surface area contributed by atoms with Crippen LogP contribution in [0.4, 0.5) is 18.9 Å². The average molecular weight is 300 g/mol. The lowest BCUT2D eigenvalue weighted by Crippen LogP contribution is -2.47. The first kappa shape index (κ1) is 13.8. The van der Waals surface area contributed by atoms with Gasteiger partial charge in [-0.2, -0.15) is 13.2 Å². The molecule has 0 radical (unpaired) electrons. The Morgan fingerprint density at radius 3 is 2.52 bits per heavy atom. The Hall–Kier alpha value is -2.12. The number of nitro benzene ring substituents is 1. The summed E-state index contributed by atoms with van der Waals surface area (Å²) in [6.45, 7) is -0.215. The molecule has 1 saturated carbocycles. The van der Waals surface area contributed by atoms with Gasteiger partial charge in [0, 0.05) is 30.6 Å². The number of alkyl halides is 3. The van der Waals surface area contributed by atoms with E-state index in [1.165, 1.54) is 12.1 Å². The molecule has 0 aromatic heterocycles. The van der Waals surface area contributed by atoms with Gasteiger partial charge in [0.2, 0.25) is 0 Å². The summed E-state index contributed by atoms with van der Waals surface area (Å²) in [5, 5.41) is 10.8. The smallest absolute Gasteiger partial charge is 0.330 e. The van der Waals surface area contributed by atoms with Crippen LogP contribution in [0.5, 0.6) is 0 Å². The zero-order valence-electron chi connectivity index (χ0n) is 10.8. The highest BCUT2D eigenvalue weighted by Gasteiger charge is 2.53. The molecule has 0 atom stereocenters. The molecule has 1 aromatic carbocycles. The van der Waals surface area contributed by atoms with Gasteiger partial charge in [-0.15, -0.1) is 0 Å². The third kappa shape index (κ3) is 2.24. The number of halogens is 3. The van der Waals surface area contributed by atoms with Gasteiger partial charge in [0.15, 0.2) is 0 Å². The van der Waals surface area contributed by atoms with Crippen molar-refractivity contribution in [3.63, 3.8) is 0 Å².